The van der Waals surface area contributed by atoms with E-state index in [0.717, 1.165) is 31.5 Å². The van der Waals surface area contributed by atoms with Gasteiger partial charge in [-0.2, -0.15) is 0 Å². The van der Waals surface area contributed by atoms with Crippen molar-refractivity contribution in [2.75, 3.05) is 26.0 Å². The van der Waals surface area contributed by atoms with E-state index < -0.39 is 34.1 Å². The number of hydrogen-bond acceptors (Lipinski definition) is 7. The minimum Gasteiger partial charge on any atom is -0.376 e. The summed E-state index contributed by atoms with van der Waals surface area (Å²) in [5.41, 5.74) is 1.03. The number of likely N-dealkylation sites (tertiary alicyclic amines) is 1. The van der Waals surface area contributed by atoms with Gasteiger partial charge in [-0.1, -0.05) is 24.1 Å². The zero-order chi connectivity index (χ0) is 21.5. The summed E-state index contributed by atoms with van der Waals surface area (Å²) in [5, 5.41) is 0. The first-order valence-corrected chi connectivity index (χ1v) is 12.4. The molecule has 0 unspecified atom stereocenters. The molecule has 3 heterocycles. The first-order chi connectivity index (χ1) is 14.2. The van der Waals surface area contributed by atoms with Crippen LogP contribution in [-0.4, -0.2) is 75.7 Å². The summed E-state index contributed by atoms with van der Waals surface area (Å²) >= 11 is 0. The van der Waals surface area contributed by atoms with Crippen molar-refractivity contribution in [3.8, 4) is 0 Å². The number of piperidine rings is 1. The van der Waals surface area contributed by atoms with Crippen LogP contribution in [0.5, 0.6) is 0 Å². The minimum absolute atomic E-state index is 0.0244. The monoisotopic (exact) mass is 439 g/mol. The van der Waals surface area contributed by atoms with E-state index in [4.69, 9.17) is 18.9 Å². The molecule has 3 aliphatic heterocycles. The predicted molar refractivity (Wildman–Crippen MR) is 112 cm³/mol. The van der Waals surface area contributed by atoms with Crippen molar-refractivity contribution in [2.45, 2.75) is 81.4 Å². The quantitative estimate of drug-likeness (QED) is 0.674. The molecule has 1 aromatic carbocycles. The van der Waals surface area contributed by atoms with Gasteiger partial charge in [-0.05, 0) is 58.8 Å². The first-order valence-electron chi connectivity index (χ1n) is 10.8. The van der Waals surface area contributed by atoms with Crippen LogP contribution in [0.25, 0.3) is 0 Å². The molecule has 1 aromatic rings. The van der Waals surface area contributed by atoms with Crippen LogP contribution >= 0.6 is 0 Å². The molecule has 7 nitrogen and oxygen atoms in total. The van der Waals surface area contributed by atoms with Crippen LogP contribution in [0.15, 0.2) is 29.2 Å². The van der Waals surface area contributed by atoms with Crippen LogP contribution in [0.3, 0.4) is 0 Å². The second-order valence-corrected chi connectivity index (χ2v) is 11.1. The van der Waals surface area contributed by atoms with Crippen LogP contribution in [-0.2, 0) is 28.8 Å². The number of fused-ring (bicyclic) bond motifs is 1. The zero-order valence-electron chi connectivity index (χ0n) is 18.2. The Morgan fingerprint density at radius 2 is 1.80 bits per heavy atom. The molecular weight excluding hydrogens is 406 g/mol. The van der Waals surface area contributed by atoms with Gasteiger partial charge in [0.15, 0.2) is 21.9 Å². The maximum absolute atomic E-state index is 13.3. The van der Waals surface area contributed by atoms with E-state index in [1.807, 2.05) is 32.9 Å². The van der Waals surface area contributed by atoms with E-state index in [9.17, 15) is 8.42 Å². The van der Waals surface area contributed by atoms with Crippen LogP contribution in [0.2, 0.25) is 0 Å². The normalized spacial score (nSPS) is 32.8. The summed E-state index contributed by atoms with van der Waals surface area (Å²) in [6.45, 7) is 7.35. The fraction of sp³-hybridized carbons (Fsp3) is 0.727. The van der Waals surface area contributed by atoms with E-state index >= 15 is 0 Å². The number of hydrogen-bond donors (Lipinski definition) is 0. The second kappa shape index (κ2) is 8.48. The van der Waals surface area contributed by atoms with Gasteiger partial charge < -0.3 is 18.9 Å². The van der Waals surface area contributed by atoms with Crippen molar-refractivity contribution in [3.05, 3.63) is 29.8 Å². The van der Waals surface area contributed by atoms with Gasteiger partial charge in [-0.3, -0.25) is 4.90 Å². The number of rotatable bonds is 6. The Balaban J connectivity index is 1.61. The van der Waals surface area contributed by atoms with Crippen molar-refractivity contribution in [2.24, 2.45) is 0 Å². The summed E-state index contributed by atoms with van der Waals surface area (Å²) in [6.07, 6.45) is 1.51. The summed E-state index contributed by atoms with van der Waals surface area (Å²) in [5.74, 6) is -0.769. The average Bonchev–Trinajstić information content (AvgIpc) is 3.18. The van der Waals surface area contributed by atoms with Crippen LogP contribution in [0, 0.1) is 6.92 Å². The van der Waals surface area contributed by atoms with Gasteiger partial charge in [-0.25, -0.2) is 8.42 Å². The molecule has 0 bridgehead atoms. The number of benzene rings is 1. The number of methoxy groups -OCH3 is 1. The number of aryl methyl sites for hydroxylation is 1. The van der Waals surface area contributed by atoms with Gasteiger partial charge in [0, 0.05) is 7.11 Å². The molecule has 4 rings (SSSR count). The van der Waals surface area contributed by atoms with E-state index in [0.29, 0.717) is 4.90 Å². The van der Waals surface area contributed by atoms with Crippen molar-refractivity contribution >= 4 is 9.84 Å². The molecule has 0 saturated carbocycles. The fourth-order valence-electron chi connectivity index (χ4n) is 4.81. The Bertz CT molecular complexity index is 834. The summed E-state index contributed by atoms with van der Waals surface area (Å²) in [4.78, 5) is 2.59. The third-order valence-corrected chi connectivity index (χ3v) is 8.08. The lowest BCUT2D eigenvalue weighted by atomic mass is 10.0. The molecular formula is C22H33NO6S. The van der Waals surface area contributed by atoms with Gasteiger partial charge in [0.2, 0.25) is 0 Å². The van der Waals surface area contributed by atoms with Gasteiger partial charge in [0.25, 0.3) is 0 Å². The van der Waals surface area contributed by atoms with Crippen molar-refractivity contribution in [1.82, 2.24) is 4.90 Å². The van der Waals surface area contributed by atoms with Crippen LogP contribution < -0.4 is 0 Å². The van der Waals surface area contributed by atoms with Gasteiger partial charge in [0.1, 0.15) is 18.3 Å². The summed E-state index contributed by atoms with van der Waals surface area (Å²) < 4.78 is 50.6. The van der Waals surface area contributed by atoms with Crippen molar-refractivity contribution in [1.29, 1.82) is 0 Å². The van der Waals surface area contributed by atoms with E-state index in [1.165, 1.54) is 6.42 Å². The topological polar surface area (TPSA) is 74.3 Å². The van der Waals surface area contributed by atoms with Crippen LogP contribution in [0.1, 0.15) is 38.7 Å². The maximum atomic E-state index is 13.3. The highest BCUT2D eigenvalue weighted by molar-refractivity contribution is 7.91. The van der Waals surface area contributed by atoms with Crippen molar-refractivity contribution < 1.29 is 27.4 Å². The number of nitrogens with zero attached hydrogens (tertiary/aromatic N) is 1. The molecule has 168 valence electrons. The highest BCUT2D eigenvalue weighted by Gasteiger charge is 2.58. The van der Waals surface area contributed by atoms with Gasteiger partial charge in [-0.15, -0.1) is 0 Å². The van der Waals surface area contributed by atoms with Gasteiger partial charge in [0.05, 0.1) is 16.7 Å². The predicted octanol–water partition coefficient (Wildman–Crippen LogP) is 2.51. The Morgan fingerprint density at radius 3 is 2.43 bits per heavy atom. The zero-order valence-corrected chi connectivity index (χ0v) is 19.1. The summed E-state index contributed by atoms with van der Waals surface area (Å²) in [6, 6.07) is 6.71. The highest BCUT2D eigenvalue weighted by atomic mass is 32.2. The molecule has 3 fully saturated rings. The molecule has 3 saturated heterocycles. The van der Waals surface area contributed by atoms with Crippen LogP contribution in [0.4, 0.5) is 0 Å². The molecule has 0 amide bonds. The fourth-order valence-corrected chi connectivity index (χ4v) is 6.40. The Kier molecular flexibility index (Phi) is 6.27. The lowest BCUT2D eigenvalue weighted by molar-refractivity contribution is -0.223. The lowest BCUT2D eigenvalue weighted by Gasteiger charge is -2.39. The lowest BCUT2D eigenvalue weighted by Crippen LogP contribution is -2.54. The third-order valence-electron chi connectivity index (χ3n) is 6.31. The Hall–Kier alpha value is -1.03. The summed E-state index contributed by atoms with van der Waals surface area (Å²) in [7, 11) is -1.88. The number of ether oxygens (including phenoxy) is 4. The van der Waals surface area contributed by atoms with Crippen molar-refractivity contribution in [3.63, 3.8) is 0 Å². The van der Waals surface area contributed by atoms with E-state index in [2.05, 4.69) is 4.90 Å². The molecule has 3 aliphatic rings. The number of sulfone groups is 1. The smallest absolute Gasteiger partial charge is 0.190 e. The molecule has 5 atom stereocenters. The highest BCUT2D eigenvalue weighted by Crippen LogP contribution is 2.41. The molecule has 0 aliphatic carbocycles. The maximum Gasteiger partial charge on any atom is 0.190 e. The first kappa shape index (κ1) is 22.2. The largest absolute Gasteiger partial charge is 0.376 e. The molecule has 0 spiro atoms. The average molecular weight is 440 g/mol. The Morgan fingerprint density at radius 1 is 1.13 bits per heavy atom. The molecule has 8 heteroatoms. The SMILES string of the molecule is CO[C@@H]1[C@H]2OC(C)(C)O[C@H]2O[C@@H]1[C@H](CS(=O)(=O)c1ccc(C)cc1)N1CCCCC1. The third kappa shape index (κ3) is 4.45. The Labute approximate surface area is 179 Å². The van der Waals surface area contributed by atoms with E-state index in [1.54, 1.807) is 19.2 Å². The van der Waals surface area contributed by atoms with Gasteiger partial charge >= 0.3 is 0 Å². The molecule has 0 aromatic heterocycles. The molecule has 30 heavy (non-hydrogen) atoms. The minimum atomic E-state index is -3.50. The van der Waals surface area contributed by atoms with E-state index in [-0.39, 0.29) is 17.9 Å². The molecule has 0 N–H and O–H groups in total. The standard InChI is InChI=1S/C22H33NO6S/c1-15-8-10-16(11-9-15)30(24,25)14-17(23-12-6-5-7-13-23)18-19(26-4)20-21(27-18)29-22(2,3)28-20/h8-11,17-21H,5-7,12-14H2,1-4H3/t17-,18+,19-,20+,21+/m0/s1. The second-order valence-electron chi connectivity index (χ2n) is 9.03. The molecule has 0 radical (unpaired) electrons.